The van der Waals surface area contributed by atoms with Crippen LogP contribution >= 0.6 is 0 Å². The number of fused-ring (bicyclic) bond motifs is 1. The number of carbonyl (C=O) groups excluding carboxylic acids is 2. The second-order valence-electron chi connectivity index (χ2n) is 10.5. The number of likely N-dealkylation sites (N-methyl/N-ethyl adjacent to an activating group) is 2. The van der Waals surface area contributed by atoms with Crippen molar-refractivity contribution in [3.63, 3.8) is 0 Å². The fourth-order valence-electron chi connectivity index (χ4n) is 4.91. The Bertz CT molecular complexity index is 1290. The molecule has 9 nitrogen and oxygen atoms in total. The molecule has 214 valence electrons. The molecule has 0 aromatic heterocycles. The average molecular weight is 559 g/mol. The molecule has 1 unspecified atom stereocenters. The van der Waals surface area contributed by atoms with E-state index < -0.39 is 10.0 Å². The minimum absolute atomic E-state index is 0.0101. The van der Waals surface area contributed by atoms with Gasteiger partial charge in [-0.05, 0) is 80.6 Å². The van der Waals surface area contributed by atoms with Crippen LogP contribution in [-0.4, -0.2) is 88.8 Å². The lowest BCUT2D eigenvalue weighted by Crippen LogP contribution is -2.40. The number of rotatable bonds is 10. The first-order chi connectivity index (χ1) is 18.3. The number of nitrogens with zero attached hydrogens (tertiary/aromatic N) is 3. The van der Waals surface area contributed by atoms with Gasteiger partial charge in [-0.15, -0.1) is 0 Å². The molecule has 0 saturated carbocycles. The van der Waals surface area contributed by atoms with Gasteiger partial charge in [-0.25, -0.2) is 12.7 Å². The number of hydrogen-bond acceptors (Lipinski definition) is 6. The number of ether oxygens (including phenoxy) is 1. The molecule has 10 heteroatoms. The van der Waals surface area contributed by atoms with Gasteiger partial charge < -0.3 is 19.9 Å². The summed E-state index contributed by atoms with van der Waals surface area (Å²) in [4.78, 5) is 29.5. The van der Waals surface area contributed by atoms with Crippen molar-refractivity contribution in [2.45, 2.75) is 51.0 Å². The van der Waals surface area contributed by atoms with Crippen molar-refractivity contribution in [3.05, 3.63) is 58.1 Å². The summed E-state index contributed by atoms with van der Waals surface area (Å²) in [5, 5.41) is 2.64. The Hall–Kier alpha value is -2.95. The highest BCUT2D eigenvalue weighted by atomic mass is 32.2. The first-order valence-corrected chi connectivity index (χ1v) is 14.7. The van der Waals surface area contributed by atoms with Crippen LogP contribution in [0.4, 0.5) is 0 Å². The maximum Gasteiger partial charge on any atom is 0.243 e. The molecule has 1 atom stereocenters. The molecule has 0 bridgehead atoms. The normalized spacial score (nSPS) is 14.9. The van der Waals surface area contributed by atoms with Crippen LogP contribution in [-0.2, 0) is 32.5 Å². The van der Waals surface area contributed by atoms with Crippen molar-refractivity contribution < 1.29 is 22.7 Å². The van der Waals surface area contributed by atoms with Gasteiger partial charge >= 0.3 is 0 Å². The largest absolute Gasteiger partial charge is 0.497 e. The molecule has 2 amide bonds. The zero-order chi connectivity index (χ0) is 28.9. The number of benzene rings is 2. The Morgan fingerprint density at radius 2 is 1.67 bits per heavy atom. The fraction of sp³-hybridized carbons (Fsp3) is 0.517. The summed E-state index contributed by atoms with van der Waals surface area (Å²) in [6, 6.07) is 9.65. The monoisotopic (exact) mass is 558 g/mol. The van der Waals surface area contributed by atoms with E-state index >= 15 is 0 Å². The number of hydrogen-bond donors (Lipinski definition) is 1. The third-order valence-electron chi connectivity index (χ3n) is 7.64. The van der Waals surface area contributed by atoms with Crippen LogP contribution in [0, 0.1) is 13.8 Å². The highest BCUT2D eigenvalue weighted by Crippen LogP contribution is 2.28. The fourth-order valence-corrected chi connectivity index (χ4v) is 6.49. The van der Waals surface area contributed by atoms with E-state index in [-0.39, 0.29) is 42.3 Å². The molecule has 1 aliphatic heterocycles. The van der Waals surface area contributed by atoms with E-state index in [4.69, 9.17) is 4.74 Å². The van der Waals surface area contributed by atoms with E-state index in [1.54, 1.807) is 37.9 Å². The summed E-state index contributed by atoms with van der Waals surface area (Å²) < 4.78 is 32.7. The second-order valence-corrected chi connectivity index (χ2v) is 12.4. The predicted molar refractivity (Wildman–Crippen MR) is 152 cm³/mol. The van der Waals surface area contributed by atoms with Crippen molar-refractivity contribution in [2.75, 3.05) is 54.4 Å². The van der Waals surface area contributed by atoms with Crippen LogP contribution in [0.2, 0.25) is 0 Å². The highest BCUT2D eigenvalue weighted by molar-refractivity contribution is 7.89. The van der Waals surface area contributed by atoms with Crippen molar-refractivity contribution in [2.24, 2.45) is 0 Å². The highest BCUT2D eigenvalue weighted by Gasteiger charge is 2.26. The van der Waals surface area contributed by atoms with E-state index in [0.717, 1.165) is 31.5 Å². The minimum atomic E-state index is -3.80. The summed E-state index contributed by atoms with van der Waals surface area (Å²) in [6.07, 6.45) is 1.95. The SMILES string of the molecule is COc1cc(C)c(S(=O)(=O)N(C)CCC(=O)NCC(=O)N(C)C(C)c2ccc3c(c2)CCN(C)CC3)c(C)c1. The number of carbonyl (C=O) groups is 2. The molecule has 0 fully saturated rings. The Morgan fingerprint density at radius 3 is 2.28 bits per heavy atom. The smallest absolute Gasteiger partial charge is 0.243 e. The third kappa shape index (κ3) is 7.38. The van der Waals surface area contributed by atoms with Gasteiger partial charge in [0.2, 0.25) is 21.8 Å². The Morgan fingerprint density at radius 1 is 1.05 bits per heavy atom. The van der Waals surface area contributed by atoms with E-state index in [1.165, 1.54) is 29.6 Å². The van der Waals surface area contributed by atoms with E-state index in [9.17, 15) is 18.0 Å². The maximum absolute atomic E-state index is 13.2. The number of methoxy groups -OCH3 is 1. The summed E-state index contributed by atoms with van der Waals surface area (Å²) >= 11 is 0. The Balaban J connectivity index is 1.53. The Labute approximate surface area is 233 Å². The summed E-state index contributed by atoms with van der Waals surface area (Å²) in [7, 11) is 3.05. The van der Waals surface area contributed by atoms with Gasteiger partial charge in [0.15, 0.2) is 0 Å². The molecule has 1 aliphatic rings. The summed E-state index contributed by atoms with van der Waals surface area (Å²) in [6.45, 7) is 7.32. The number of sulfonamides is 1. The molecule has 2 aromatic carbocycles. The predicted octanol–water partition coefficient (Wildman–Crippen LogP) is 2.69. The molecular weight excluding hydrogens is 516 g/mol. The van der Waals surface area contributed by atoms with Crippen molar-refractivity contribution in [3.8, 4) is 5.75 Å². The van der Waals surface area contributed by atoms with Crippen molar-refractivity contribution in [1.82, 2.24) is 19.4 Å². The standard InChI is InChI=1S/C29H42N4O5S/c1-20-16-26(38-7)17-21(2)29(20)39(36,37)32(5)15-12-27(34)30-19-28(35)33(6)22(3)24-9-8-23-10-13-31(4)14-11-25(23)18-24/h8-9,16-18,22H,10-15,19H2,1-7H3,(H,30,34). The van der Waals surface area contributed by atoms with Crippen molar-refractivity contribution >= 4 is 21.8 Å². The maximum atomic E-state index is 13.2. The van der Waals surface area contributed by atoms with Gasteiger partial charge in [-0.3, -0.25) is 9.59 Å². The average Bonchev–Trinajstić information content (AvgIpc) is 3.09. The van der Waals surface area contributed by atoms with E-state index in [2.05, 4.69) is 35.5 Å². The van der Waals surface area contributed by atoms with Crippen molar-refractivity contribution in [1.29, 1.82) is 0 Å². The third-order valence-corrected chi connectivity index (χ3v) is 9.80. The lowest BCUT2D eigenvalue weighted by atomic mass is 9.97. The molecule has 2 aromatic rings. The van der Waals surface area contributed by atoms with Gasteiger partial charge in [0.25, 0.3) is 0 Å². The van der Waals surface area contributed by atoms with Crippen LogP contribution < -0.4 is 10.1 Å². The van der Waals surface area contributed by atoms with E-state index in [0.29, 0.717) is 16.9 Å². The molecule has 3 rings (SSSR count). The molecule has 0 spiro atoms. The first kappa shape index (κ1) is 30.6. The molecule has 1 N–H and O–H groups in total. The quantitative estimate of drug-likeness (QED) is 0.482. The lowest BCUT2D eigenvalue weighted by molar-refractivity contribution is -0.133. The summed E-state index contributed by atoms with van der Waals surface area (Å²) in [5.74, 6) is -0.00962. The van der Waals surface area contributed by atoms with Crippen LogP contribution in [0.1, 0.15) is 47.2 Å². The van der Waals surface area contributed by atoms with Crippen LogP contribution in [0.25, 0.3) is 0 Å². The number of nitrogens with one attached hydrogen (secondary N) is 1. The zero-order valence-electron chi connectivity index (χ0n) is 24.2. The van der Waals surface area contributed by atoms with Gasteiger partial charge in [0, 0.05) is 40.2 Å². The lowest BCUT2D eigenvalue weighted by Gasteiger charge is -2.26. The van der Waals surface area contributed by atoms with Gasteiger partial charge in [0.05, 0.1) is 24.6 Å². The molecular formula is C29H42N4O5S. The molecule has 0 saturated heterocycles. The topological polar surface area (TPSA) is 99.3 Å². The Kier molecular flexibility index (Phi) is 10.1. The van der Waals surface area contributed by atoms with Crippen LogP contribution in [0.5, 0.6) is 5.75 Å². The number of amides is 2. The molecule has 39 heavy (non-hydrogen) atoms. The van der Waals surface area contributed by atoms with Crippen LogP contribution in [0.3, 0.4) is 0 Å². The van der Waals surface area contributed by atoms with Gasteiger partial charge in [-0.2, -0.15) is 0 Å². The molecule has 1 heterocycles. The first-order valence-electron chi connectivity index (χ1n) is 13.3. The van der Waals surface area contributed by atoms with E-state index in [1.807, 2.05) is 6.92 Å². The minimum Gasteiger partial charge on any atom is -0.497 e. The van der Waals surface area contributed by atoms with Crippen LogP contribution in [0.15, 0.2) is 35.2 Å². The number of aryl methyl sites for hydroxylation is 2. The second kappa shape index (κ2) is 12.9. The molecule has 0 aliphatic carbocycles. The van der Waals surface area contributed by atoms with Gasteiger partial charge in [-0.1, -0.05) is 18.2 Å². The van der Waals surface area contributed by atoms with Gasteiger partial charge in [0.1, 0.15) is 5.75 Å². The summed E-state index contributed by atoms with van der Waals surface area (Å²) in [5.41, 5.74) is 4.91. The zero-order valence-corrected chi connectivity index (χ0v) is 25.0. The molecule has 0 radical (unpaired) electrons.